The highest BCUT2D eigenvalue weighted by Gasteiger charge is 2.17. The number of aryl methyl sites for hydroxylation is 1. The lowest BCUT2D eigenvalue weighted by atomic mass is 10.0. The van der Waals surface area contributed by atoms with Gasteiger partial charge in [-0.1, -0.05) is 12.1 Å². The van der Waals surface area contributed by atoms with Crippen molar-refractivity contribution in [1.29, 1.82) is 5.26 Å². The summed E-state index contributed by atoms with van der Waals surface area (Å²) in [5, 5.41) is 12.7. The van der Waals surface area contributed by atoms with Gasteiger partial charge in [0.15, 0.2) is 0 Å². The van der Waals surface area contributed by atoms with E-state index in [1.165, 1.54) is 0 Å². The summed E-state index contributed by atoms with van der Waals surface area (Å²) in [7, 11) is 2.16. The van der Waals surface area contributed by atoms with Gasteiger partial charge in [-0.05, 0) is 51.5 Å². The summed E-state index contributed by atoms with van der Waals surface area (Å²) in [5.74, 6) is 0. The largest absolute Gasteiger partial charge is 0.381 e. The van der Waals surface area contributed by atoms with Crippen LogP contribution in [0.3, 0.4) is 0 Å². The number of piperidine rings is 1. The number of anilines is 1. The van der Waals surface area contributed by atoms with E-state index in [0.717, 1.165) is 42.7 Å². The Morgan fingerprint density at radius 3 is 2.71 bits per heavy atom. The normalized spacial score (nSPS) is 17.7. The molecule has 0 saturated carbocycles. The average Bonchev–Trinajstić information content (AvgIpc) is 2.32. The summed E-state index contributed by atoms with van der Waals surface area (Å²) >= 11 is 0. The van der Waals surface area contributed by atoms with Gasteiger partial charge in [-0.2, -0.15) is 5.26 Å². The second-order valence-corrected chi connectivity index (χ2v) is 4.83. The van der Waals surface area contributed by atoms with Crippen LogP contribution in [0.25, 0.3) is 0 Å². The van der Waals surface area contributed by atoms with Gasteiger partial charge in [0.2, 0.25) is 0 Å². The minimum atomic E-state index is 0.500. The van der Waals surface area contributed by atoms with Crippen LogP contribution in [0.15, 0.2) is 18.2 Å². The van der Waals surface area contributed by atoms with E-state index in [2.05, 4.69) is 23.3 Å². The maximum absolute atomic E-state index is 9.17. The lowest BCUT2D eigenvalue weighted by Crippen LogP contribution is -2.36. The van der Waals surface area contributed by atoms with Crippen LogP contribution in [-0.4, -0.2) is 31.1 Å². The zero-order valence-electron chi connectivity index (χ0n) is 10.5. The number of benzene rings is 1. The van der Waals surface area contributed by atoms with Crippen molar-refractivity contribution in [2.45, 2.75) is 25.8 Å². The van der Waals surface area contributed by atoms with Gasteiger partial charge >= 0.3 is 0 Å². The molecule has 0 bridgehead atoms. The van der Waals surface area contributed by atoms with E-state index < -0.39 is 0 Å². The van der Waals surface area contributed by atoms with E-state index in [0.29, 0.717) is 6.04 Å². The van der Waals surface area contributed by atoms with E-state index >= 15 is 0 Å². The van der Waals surface area contributed by atoms with Gasteiger partial charge in [-0.15, -0.1) is 0 Å². The van der Waals surface area contributed by atoms with E-state index in [-0.39, 0.29) is 0 Å². The maximum atomic E-state index is 9.17. The number of nitrogens with zero attached hydrogens (tertiary/aromatic N) is 2. The minimum Gasteiger partial charge on any atom is -0.381 e. The topological polar surface area (TPSA) is 39.1 Å². The van der Waals surface area contributed by atoms with Gasteiger partial charge in [-0.25, -0.2) is 0 Å². The van der Waals surface area contributed by atoms with E-state index in [4.69, 9.17) is 0 Å². The smallest absolute Gasteiger partial charge is 0.102 e. The van der Waals surface area contributed by atoms with Crippen LogP contribution in [0.2, 0.25) is 0 Å². The molecule has 0 radical (unpaired) electrons. The van der Waals surface area contributed by atoms with Crippen molar-refractivity contribution in [1.82, 2.24) is 4.90 Å². The summed E-state index contributed by atoms with van der Waals surface area (Å²) in [6.07, 6.45) is 2.30. The first-order valence-corrected chi connectivity index (χ1v) is 6.15. The molecule has 1 aliphatic heterocycles. The molecule has 1 N–H and O–H groups in total. The zero-order valence-corrected chi connectivity index (χ0v) is 10.5. The van der Waals surface area contributed by atoms with Gasteiger partial charge in [0.25, 0.3) is 0 Å². The Morgan fingerprint density at radius 2 is 2.06 bits per heavy atom. The lowest BCUT2D eigenvalue weighted by Gasteiger charge is -2.30. The second-order valence-electron chi connectivity index (χ2n) is 4.83. The number of hydrogen-bond donors (Lipinski definition) is 1. The van der Waals surface area contributed by atoms with Gasteiger partial charge < -0.3 is 10.2 Å². The van der Waals surface area contributed by atoms with Crippen LogP contribution in [0.1, 0.15) is 24.0 Å². The first kappa shape index (κ1) is 11.9. The SMILES string of the molecule is Cc1cccc(NC2CCN(C)CC2)c1C#N. The van der Waals surface area contributed by atoms with Crippen molar-refractivity contribution in [3.8, 4) is 6.07 Å². The fourth-order valence-corrected chi connectivity index (χ4v) is 2.31. The summed E-state index contributed by atoms with van der Waals surface area (Å²) < 4.78 is 0. The van der Waals surface area contributed by atoms with E-state index in [1.807, 2.05) is 25.1 Å². The molecule has 1 aromatic carbocycles. The molecule has 0 spiro atoms. The summed E-state index contributed by atoms with van der Waals surface area (Å²) in [4.78, 5) is 2.35. The molecule has 1 saturated heterocycles. The molecule has 0 unspecified atom stereocenters. The van der Waals surface area contributed by atoms with Crippen LogP contribution >= 0.6 is 0 Å². The number of rotatable bonds is 2. The zero-order chi connectivity index (χ0) is 12.3. The molecule has 3 nitrogen and oxygen atoms in total. The Balaban J connectivity index is 2.09. The molecular formula is C14H19N3. The van der Waals surface area contributed by atoms with Crippen LogP contribution in [-0.2, 0) is 0 Å². The third kappa shape index (κ3) is 2.78. The Labute approximate surface area is 103 Å². The van der Waals surface area contributed by atoms with Crippen molar-refractivity contribution in [2.24, 2.45) is 0 Å². The molecule has 0 aliphatic carbocycles. The summed E-state index contributed by atoms with van der Waals surface area (Å²) in [5.41, 5.74) is 2.82. The second kappa shape index (κ2) is 5.20. The van der Waals surface area contributed by atoms with E-state index in [9.17, 15) is 5.26 Å². The summed E-state index contributed by atoms with van der Waals surface area (Å²) in [6.45, 7) is 4.25. The molecule has 90 valence electrons. The van der Waals surface area contributed by atoms with Gasteiger partial charge in [0.1, 0.15) is 6.07 Å². The Morgan fingerprint density at radius 1 is 1.35 bits per heavy atom. The van der Waals surface area contributed by atoms with Gasteiger partial charge in [0, 0.05) is 6.04 Å². The standard InChI is InChI=1S/C14H19N3/c1-11-4-3-5-14(13(11)10-15)16-12-6-8-17(2)9-7-12/h3-5,12,16H,6-9H2,1-2H3. The first-order valence-electron chi connectivity index (χ1n) is 6.15. The maximum Gasteiger partial charge on any atom is 0.102 e. The summed E-state index contributed by atoms with van der Waals surface area (Å²) in [6, 6.07) is 8.79. The predicted molar refractivity (Wildman–Crippen MR) is 70.0 cm³/mol. The van der Waals surface area contributed by atoms with Crippen molar-refractivity contribution in [2.75, 3.05) is 25.5 Å². The van der Waals surface area contributed by atoms with Crippen LogP contribution < -0.4 is 5.32 Å². The molecule has 0 amide bonds. The minimum absolute atomic E-state index is 0.500. The Hall–Kier alpha value is -1.53. The third-order valence-electron chi connectivity index (χ3n) is 3.46. The van der Waals surface area contributed by atoms with Crippen molar-refractivity contribution in [3.63, 3.8) is 0 Å². The molecule has 2 rings (SSSR count). The number of nitrogens with one attached hydrogen (secondary N) is 1. The number of nitriles is 1. The average molecular weight is 229 g/mol. The van der Waals surface area contributed by atoms with Crippen LogP contribution in [0.5, 0.6) is 0 Å². The predicted octanol–water partition coefficient (Wildman–Crippen LogP) is 2.37. The number of hydrogen-bond acceptors (Lipinski definition) is 3. The highest BCUT2D eigenvalue weighted by molar-refractivity contribution is 5.61. The molecule has 0 aromatic heterocycles. The lowest BCUT2D eigenvalue weighted by molar-refractivity contribution is 0.264. The molecule has 1 aromatic rings. The first-order chi connectivity index (χ1) is 8.20. The Bertz CT molecular complexity index is 426. The van der Waals surface area contributed by atoms with Crippen LogP contribution in [0, 0.1) is 18.3 Å². The molecular weight excluding hydrogens is 210 g/mol. The molecule has 1 aliphatic rings. The molecule has 3 heteroatoms. The van der Waals surface area contributed by atoms with Crippen LogP contribution in [0.4, 0.5) is 5.69 Å². The third-order valence-corrected chi connectivity index (χ3v) is 3.46. The highest BCUT2D eigenvalue weighted by Crippen LogP contribution is 2.21. The van der Waals surface area contributed by atoms with Crippen molar-refractivity contribution in [3.05, 3.63) is 29.3 Å². The quantitative estimate of drug-likeness (QED) is 0.846. The molecule has 17 heavy (non-hydrogen) atoms. The Kier molecular flexibility index (Phi) is 3.65. The number of likely N-dealkylation sites (tertiary alicyclic amines) is 1. The van der Waals surface area contributed by atoms with E-state index in [1.54, 1.807) is 0 Å². The molecule has 0 atom stereocenters. The fourth-order valence-electron chi connectivity index (χ4n) is 2.31. The monoisotopic (exact) mass is 229 g/mol. The van der Waals surface area contributed by atoms with Crippen molar-refractivity contribution >= 4 is 5.69 Å². The molecule has 1 fully saturated rings. The van der Waals surface area contributed by atoms with Gasteiger partial charge in [0.05, 0.1) is 11.3 Å². The fraction of sp³-hybridized carbons (Fsp3) is 0.500. The molecule has 1 heterocycles. The highest BCUT2D eigenvalue weighted by atomic mass is 15.1. The van der Waals surface area contributed by atoms with Crippen molar-refractivity contribution < 1.29 is 0 Å². The van der Waals surface area contributed by atoms with Gasteiger partial charge in [-0.3, -0.25) is 0 Å².